The van der Waals surface area contributed by atoms with E-state index in [4.69, 9.17) is 11.0 Å². The predicted molar refractivity (Wildman–Crippen MR) is 76.6 cm³/mol. The molecule has 0 aliphatic rings. The van der Waals surface area contributed by atoms with Crippen LogP contribution in [0.15, 0.2) is 36.4 Å². The summed E-state index contributed by atoms with van der Waals surface area (Å²) in [6, 6.07) is 11.2. The van der Waals surface area contributed by atoms with Gasteiger partial charge in [-0.25, -0.2) is 4.98 Å². The van der Waals surface area contributed by atoms with Crippen molar-refractivity contribution in [2.75, 3.05) is 5.32 Å². The number of anilines is 1. The van der Waals surface area contributed by atoms with Crippen molar-refractivity contribution in [1.82, 2.24) is 4.98 Å². The minimum atomic E-state index is -0.530. The van der Waals surface area contributed by atoms with E-state index in [0.717, 1.165) is 0 Å². The topological polar surface area (TPSA) is 109 Å². The fraction of sp³-hybridized carbons (Fsp3) is 0.0667. The molecule has 2 amide bonds. The number of carbonyl (C=O) groups is 2. The monoisotopic (exact) mass is 280 g/mol. The summed E-state index contributed by atoms with van der Waals surface area (Å²) < 4.78 is 0. The maximum absolute atomic E-state index is 12.0. The van der Waals surface area contributed by atoms with Gasteiger partial charge in [-0.1, -0.05) is 0 Å². The molecule has 0 spiro atoms. The van der Waals surface area contributed by atoms with Crippen LogP contribution >= 0.6 is 0 Å². The average Bonchev–Trinajstić information content (AvgIpc) is 2.47. The number of nitrogens with zero attached hydrogens (tertiary/aromatic N) is 2. The molecule has 0 bridgehead atoms. The van der Waals surface area contributed by atoms with Crippen LogP contribution in [0, 0.1) is 18.3 Å². The van der Waals surface area contributed by atoms with E-state index < -0.39 is 11.8 Å². The molecular formula is C15H12N4O2. The van der Waals surface area contributed by atoms with E-state index in [1.807, 2.05) is 6.07 Å². The molecule has 0 saturated carbocycles. The molecule has 3 N–H and O–H groups in total. The van der Waals surface area contributed by atoms with Crippen LogP contribution < -0.4 is 11.1 Å². The Morgan fingerprint density at radius 1 is 1.19 bits per heavy atom. The van der Waals surface area contributed by atoms with Gasteiger partial charge in [-0.05, 0) is 43.3 Å². The maximum Gasteiger partial charge on any atom is 0.274 e. The number of pyridine rings is 1. The second-order valence-corrected chi connectivity index (χ2v) is 4.34. The van der Waals surface area contributed by atoms with Gasteiger partial charge in [-0.2, -0.15) is 5.26 Å². The molecule has 0 aliphatic carbocycles. The number of rotatable bonds is 3. The van der Waals surface area contributed by atoms with Gasteiger partial charge < -0.3 is 11.1 Å². The summed E-state index contributed by atoms with van der Waals surface area (Å²) in [7, 11) is 0. The average molecular weight is 280 g/mol. The Hall–Kier alpha value is -3.20. The van der Waals surface area contributed by atoms with Gasteiger partial charge in [0.05, 0.1) is 11.3 Å². The van der Waals surface area contributed by atoms with Crippen LogP contribution in [0.5, 0.6) is 0 Å². The van der Waals surface area contributed by atoms with Crippen molar-refractivity contribution in [3.63, 3.8) is 0 Å². The summed E-state index contributed by atoms with van der Waals surface area (Å²) in [5, 5.41) is 11.5. The Balaban J connectivity index is 2.16. The molecule has 2 rings (SSSR count). The van der Waals surface area contributed by atoms with E-state index in [-0.39, 0.29) is 5.69 Å². The van der Waals surface area contributed by atoms with Crippen LogP contribution in [0.3, 0.4) is 0 Å². The third-order valence-corrected chi connectivity index (χ3v) is 2.87. The Bertz CT molecular complexity index is 745. The van der Waals surface area contributed by atoms with Crippen molar-refractivity contribution in [3.05, 3.63) is 58.9 Å². The molecule has 0 saturated heterocycles. The maximum atomic E-state index is 12.0. The number of aromatic nitrogens is 1. The quantitative estimate of drug-likeness (QED) is 0.890. The van der Waals surface area contributed by atoms with Crippen LogP contribution in [0.1, 0.15) is 32.1 Å². The zero-order valence-electron chi connectivity index (χ0n) is 11.3. The first-order valence-electron chi connectivity index (χ1n) is 6.10. The van der Waals surface area contributed by atoms with E-state index in [9.17, 15) is 9.59 Å². The number of amides is 2. The SMILES string of the molecule is Cc1nc(C(=O)Nc2ccc(C(N)=O)cc2)ccc1C#N. The number of nitriles is 1. The summed E-state index contributed by atoms with van der Waals surface area (Å²) >= 11 is 0. The molecule has 1 aromatic heterocycles. The fourth-order valence-electron chi connectivity index (χ4n) is 1.72. The number of carbonyl (C=O) groups excluding carboxylic acids is 2. The minimum absolute atomic E-state index is 0.213. The summed E-state index contributed by atoms with van der Waals surface area (Å²) in [6.07, 6.45) is 0. The number of aryl methyl sites for hydroxylation is 1. The van der Waals surface area contributed by atoms with E-state index in [0.29, 0.717) is 22.5 Å². The molecule has 6 nitrogen and oxygen atoms in total. The first-order valence-corrected chi connectivity index (χ1v) is 6.10. The molecule has 0 atom stereocenters. The summed E-state index contributed by atoms with van der Waals surface area (Å²) in [5.74, 6) is -0.924. The Labute approximate surface area is 121 Å². The van der Waals surface area contributed by atoms with Crippen molar-refractivity contribution >= 4 is 17.5 Å². The Morgan fingerprint density at radius 2 is 1.86 bits per heavy atom. The third kappa shape index (κ3) is 3.22. The van der Waals surface area contributed by atoms with Crippen LogP contribution in [0.25, 0.3) is 0 Å². The zero-order chi connectivity index (χ0) is 15.4. The van der Waals surface area contributed by atoms with Gasteiger partial charge >= 0.3 is 0 Å². The molecule has 0 aliphatic heterocycles. The first kappa shape index (κ1) is 14.2. The largest absolute Gasteiger partial charge is 0.366 e. The zero-order valence-corrected chi connectivity index (χ0v) is 11.3. The first-order chi connectivity index (χ1) is 10.0. The summed E-state index contributed by atoms with van der Waals surface area (Å²) in [5.41, 5.74) is 7.16. The van der Waals surface area contributed by atoms with Crippen LogP contribution in [0.2, 0.25) is 0 Å². The highest BCUT2D eigenvalue weighted by Gasteiger charge is 2.10. The van der Waals surface area contributed by atoms with E-state index >= 15 is 0 Å². The number of hydrogen-bond acceptors (Lipinski definition) is 4. The Kier molecular flexibility index (Phi) is 3.95. The van der Waals surface area contributed by atoms with Crippen molar-refractivity contribution < 1.29 is 9.59 Å². The predicted octanol–water partition coefficient (Wildman–Crippen LogP) is 1.61. The van der Waals surface area contributed by atoms with Gasteiger partial charge in [-0.3, -0.25) is 9.59 Å². The summed E-state index contributed by atoms with van der Waals surface area (Å²) in [4.78, 5) is 27.1. The van der Waals surface area contributed by atoms with E-state index in [2.05, 4.69) is 10.3 Å². The molecule has 0 radical (unpaired) electrons. The second kappa shape index (κ2) is 5.84. The highest BCUT2D eigenvalue weighted by atomic mass is 16.2. The lowest BCUT2D eigenvalue weighted by Crippen LogP contribution is -2.15. The number of nitrogens with two attached hydrogens (primary N) is 1. The third-order valence-electron chi connectivity index (χ3n) is 2.87. The van der Waals surface area contributed by atoms with E-state index in [1.165, 1.54) is 18.2 Å². The van der Waals surface area contributed by atoms with E-state index in [1.54, 1.807) is 25.1 Å². The molecular weight excluding hydrogens is 268 g/mol. The van der Waals surface area contributed by atoms with Crippen molar-refractivity contribution in [2.45, 2.75) is 6.92 Å². The lowest BCUT2D eigenvalue weighted by Gasteiger charge is -2.06. The van der Waals surface area contributed by atoms with Gasteiger partial charge in [0.1, 0.15) is 11.8 Å². The molecule has 2 aromatic rings. The minimum Gasteiger partial charge on any atom is -0.366 e. The molecule has 0 unspecified atom stereocenters. The van der Waals surface area contributed by atoms with Crippen molar-refractivity contribution in [2.24, 2.45) is 5.73 Å². The van der Waals surface area contributed by atoms with Crippen LogP contribution in [-0.4, -0.2) is 16.8 Å². The number of hydrogen-bond donors (Lipinski definition) is 2. The van der Waals surface area contributed by atoms with Crippen LogP contribution in [0.4, 0.5) is 5.69 Å². The molecule has 6 heteroatoms. The normalized spacial score (nSPS) is 9.71. The van der Waals surface area contributed by atoms with Gasteiger partial charge in [0.2, 0.25) is 5.91 Å². The lowest BCUT2D eigenvalue weighted by atomic mass is 10.2. The summed E-state index contributed by atoms with van der Waals surface area (Å²) in [6.45, 7) is 1.66. The molecule has 0 fully saturated rings. The standard InChI is InChI=1S/C15H12N4O2/c1-9-11(8-16)4-7-13(18-9)15(21)19-12-5-2-10(3-6-12)14(17)20/h2-7H,1H3,(H2,17,20)(H,19,21). The number of benzene rings is 1. The Morgan fingerprint density at radius 3 is 2.38 bits per heavy atom. The van der Waals surface area contributed by atoms with Gasteiger partial charge in [0.15, 0.2) is 0 Å². The number of primary amides is 1. The molecule has 21 heavy (non-hydrogen) atoms. The molecule has 104 valence electrons. The van der Waals surface area contributed by atoms with Gasteiger partial charge in [0.25, 0.3) is 5.91 Å². The smallest absolute Gasteiger partial charge is 0.274 e. The highest BCUT2D eigenvalue weighted by Crippen LogP contribution is 2.12. The highest BCUT2D eigenvalue weighted by molar-refractivity contribution is 6.03. The second-order valence-electron chi connectivity index (χ2n) is 4.34. The molecule has 1 heterocycles. The van der Waals surface area contributed by atoms with Crippen molar-refractivity contribution in [3.8, 4) is 6.07 Å². The van der Waals surface area contributed by atoms with Gasteiger partial charge in [-0.15, -0.1) is 0 Å². The lowest BCUT2D eigenvalue weighted by molar-refractivity contribution is 0.0998. The van der Waals surface area contributed by atoms with Crippen molar-refractivity contribution in [1.29, 1.82) is 5.26 Å². The van der Waals surface area contributed by atoms with Crippen LogP contribution in [-0.2, 0) is 0 Å². The molecule has 1 aromatic carbocycles. The number of nitrogens with one attached hydrogen (secondary N) is 1. The van der Waals surface area contributed by atoms with Gasteiger partial charge in [0, 0.05) is 11.3 Å². The fourth-order valence-corrected chi connectivity index (χ4v) is 1.72.